The Hall–Kier alpha value is -2.47. The Balaban J connectivity index is 1.92. The van der Waals surface area contributed by atoms with Crippen LogP contribution >= 0.6 is 0 Å². The molecule has 0 radical (unpaired) electrons. The highest BCUT2D eigenvalue weighted by Gasteiger charge is 2.24. The molecule has 0 aliphatic carbocycles. The number of nitrogens with zero attached hydrogens (tertiary/aromatic N) is 3. The van der Waals surface area contributed by atoms with E-state index >= 15 is 0 Å². The molecule has 6 nitrogen and oxygen atoms in total. The summed E-state index contributed by atoms with van der Waals surface area (Å²) in [7, 11) is 0. The number of hydrogen-bond acceptors (Lipinski definition) is 4. The summed E-state index contributed by atoms with van der Waals surface area (Å²) in [5, 5.41) is 8.10. The Kier molecular flexibility index (Phi) is 3.90. The second kappa shape index (κ2) is 6.20. The predicted molar refractivity (Wildman–Crippen MR) is 93.3 cm³/mol. The third-order valence-electron chi connectivity index (χ3n) is 4.69. The van der Waals surface area contributed by atoms with E-state index in [2.05, 4.69) is 10.3 Å². The van der Waals surface area contributed by atoms with Crippen LogP contribution in [0.3, 0.4) is 0 Å². The molecule has 2 aromatic heterocycles. The molecule has 1 fully saturated rings. The molecular weight excluding hydrogens is 302 g/mol. The minimum atomic E-state index is -0.117. The molecule has 0 unspecified atom stereocenters. The quantitative estimate of drug-likeness (QED) is 0.774. The van der Waals surface area contributed by atoms with Crippen molar-refractivity contribution in [2.75, 3.05) is 13.1 Å². The fourth-order valence-electron chi connectivity index (χ4n) is 3.41. The second-order valence-electron chi connectivity index (χ2n) is 6.22. The standard InChI is InChI=1S/C18H21N5O/c1-2-14-15-18(24)21-16(12-6-4-3-5-7-12)22-23(15)17(20-14)13-8-10-19-11-9-13/h3-7,13,19H,2,8-11H2,1H3,(H,21,22,24). The Morgan fingerprint density at radius 2 is 1.96 bits per heavy atom. The Bertz CT molecular complexity index is 906. The minimum absolute atomic E-state index is 0.117. The number of hydrogen-bond donors (Lipinski definition) is 2. The molecule has 1 aromatic carbocycles. The normalized spacial score (nSPS) is 15.9. The highest BCUT2D eigenvalue weighted by Crippen LogP contribution is 2.26. The van der Waals surface area contributed by atoms with Crippen molar-refractivity contribution in [1.82, 2.24) is 24.9 Å². The van der Waals surface area contributed by atoms with Gasteiger partial charge < -0.3 is 10.3 Å². The number of aryl methyl sites for hydroxylation is 1. The van der Waals surface area contributed by atoms with Crippen molar-refractivity contribution in [3.63, 3.8) is 0 Å². The first-order valence-corrected chi connectivity index (χ1v) is 8.56. The van der Waals surface area contributed by atoms with Crippen LogP contribution in [0.2, 0.25) is 0 Å². The summed E-state index contributed by atoms with van der Waals surface area (Å²) in [6.45, 7) is 3.99. The van der Waals surface area contributed by atoms with Gasteiger partial charge in [-0.05, 0) is 32.4 Å². The first kappa shape index (κ1) is 15.1. The van der Waals surface area contributed by atoms with E-state index in [1.165, 1.54) is 0 Å². The number of fused-ring (bicyclic) bond motifs is 1. The number of imidazole rings is 1. The van der Waals surface area contributed by atoms with Crippen molar-refractivity contribution in [3.05, 3.63) is 52.2 Å². The van der Waals surface area contributed by atoms with Gasteiger partial charge in [-0.3, -0.25) is 4.79 Å². The van der Waals surface area contributed by atoms with Crippen molar-refractivity contribution in [2.45, 2.75) is 32.1 Å². The van der Waals surface area contributed by atoms with Gasteiger partial charge in [0, 0.05) is 11.5 Å². The fourth-order valence-corrected chi connectivity index (χ4v) is 3.41. The first-order chi connectivity index (χ1) is 11.8. The van der Waals surface area contributed by atoms with Crippen molar-refractivity contribution in [2.24, 2.45) is 0 Å². The van der Waals surface area contributed by atoms with Gasteiger partial charge in [0.1, 0.15) is 5.82 Å². The van der Waals surface area contributed by atoms with Crippen molar-refractivity contribution in [3.8, 4) is 11.4 Å². The summed E-state index contributed by atoms with van der Waals surface area (Å²) in [6, 6.07) is 9.74. The van der Waals surface area contributed by atoms with E-state index in [0.717, 1.165) is 49.4 Å². The molecular formula is C18H21N5O. The van der Waals surface area contributed by atoms with E-state index < -0.39 is 0 Å². The monoisotopic (exact) mass is 323 g/mol. The Morgan fingerprint density at radius 3 is 2.67 bits per heavy atom. The third kappa shape index (κ3) is 2.53. The highest BCUT2D eigenvalue weighted by atomic mass is 16.1. The molecule has 0 bridgehead atoms. The number of nitrogens with one attached hydrogen (secondary N) is 2. The maximum atomic E-state index is 12.7. The molecule has 0 amide bonds. The summed E-state index contributed by atoms with van der Waals surface area (Å²) in [6.07, 6.45) is 2.78. The van der Waals surface area contributed by atoms with Crippen LogP contribution in [-0.2, 0) is 6.42 Å². The molecule has 1 aliphatic rings. The lowest BCUT2D eigenvalue weighted by atomic mass is 9.97. The summed E-state index contributed by atoms with van der Waals surface area (Å²) in [5.74, 6) is 1.85. The molecule has 6 heteroatoms. The van der Waals surface area contributed by atoms with Crippen LogP contribution in [0.1, 0.15) is 37.2 Å². The molecule has 3 heterocycles. The van der Waals surface area contributed by atoms with Gasteiger partial charge in [0.2, 0.25) is 0 Å². The second-order valence-corrected chi connectivity index (χ2v) is 6.22. The van der Waals surface area contributed by atoms with Gasteiger partial charge in [0.15, 0.2) is 11.3 Å². The Morgan fingerprint density at radius 1 is 1.21 bits per heavy atom. The molecule has 124 valence electrons. The van der Waals surface area contributed by atoms with E-state index in [1.54, 1.807) is 4.52 Å². The van der Waals surface area contributed by atoms with Crippen LogP contribution in [0.25, 0.3) is 16.9 Å². The van der Waals surface area contributed by atoms with Gasteiger partial charge >= 0.3 is 0 Å². The summed E-state index contributed by atoms with van der Waals surface area (Å²) < 4.78 is 1.79. The SMILES string of the molecule is CCc1nc(C2CCNCC2)n2nc(-c3ccccc3)[nH]c(=O)c12. The van der Waals surface area contributed by atoms with Gasteiger partial charge in [-0.2, -0.15) is 0 Å². The fraction of sp³-hybridized carbons (Fsp3) is 0.389. The van der Waals surface area contributed by atoms with Crippen LogP contribution in [0.4, 0.5) is 0 Å². The molecule has 24 heavy (non-hydrogen) atoms. The van der Waals surface area contributed by atoms with Crippen LogP contribution < -0.4 is 10.9 Å². The zero-order chi connectivity index (χ0) is 16.5. The smallest absolute Gasteiger partial charge is 0.277 e. The van der Waals surface area contributed by atoms with Crippen LogP contribution in [0, 0.1) is 0 Å². The lowest BCUT2D eigenvalue weighted by molar-refractivity contribution is 0.439. The molecule has 1 aliphatic heterocycles. The van der Waals surface area contributed by atoms with Gasteiger partial charge in [-0.1, -0.05) is 37.3 Å². The number of H-pyrrole nitrogens is 1. The van der Waals surface area contributed by atoms with E-state index in [9.17, 15) is 4.79 Å². The van der Waals surface area contributed by atoms with E-state index in [4.69, 9.17) is 10.1 Å². The average Bonchev–Trinajstić information content (AvgIpc) is 3.02. The van der Waals surface area contributed by atoms with Gasteiger partial charge in [-0.25, -0.2) is 9.50 Å². The lowest BCUT2D eigenvalue weighted by Crippen LogP contribution is -2.28. The molecule has 2 N–H and O–H groups in total. The summed E-state index contributed by atoms with van der Waals surface area (Å²) >= 11 is 0. The summed E-state index contributed by atoms with van der Waals surface area (Å²) in [5.41, 5.74) is 2.20. The van der Waals surface area contributed by atoms with Gasteiger partial charge in [0.05, 0.1) is 5.69 Å². The van der Waals surface area contributed by atoms with Crippen molar-refractivity contribution in [1.29, 1.82) is 0 Å². The van der Waals surface area contributed by atoms with Gasteiger partial charge in [-0.15, -0.1) is 5.10 Å². The molecule has 3 aromatic rings. The van der Waals surface area contributed by atoms with E-state index in [1.807, 2.05) is 37.3 Å². The lowest BCUT2D eigenvalue weighted by Gasteiger charge is -2.21. The highest BCUT2D eigenvalue weighted by molar-refractivity contribution is 5.58. The molecule has 0 spiro atoms. The van der Waals surface area contributed by atoms with Crippen LogP contribution in [0.15, 0.2) is 35.1 Å². The number of benzene rings is 1. The number of aromatic amines is 1. The van der Waals surface area contributed by atoms with Crippen LogP contribution in [-0.4, -0.2) is 32.7 Å². The van der Waals surface area contributed by atoms with Crippen LogP contribution in [0.5, 0.6) is 0 Å². The molecule has 0 atom stereocenters. The predicted octanol–water partition coefficient (Wildman–Crippen LogP) is 2.11. The zero-order valence-corrected chi connectivity index (χ0v) is 13.7. The zero-order valence-electron chi connectivity index (χ0n) is 13.7. The third-order valence-corrected chi connectivity index (χ3v) is 4.69. The maximum absolute atomic E-state index is 12.7. The van der Waals surface area contributed by atoms with E-state index in [0.29, 0.717) is 17.3 Å². The van der Waals surface area contributed by atoms with Gasteiger partial charge in [0.25, 0.3) is 5.56 Å². The number of aromatic nitrogens is 4. The summed E-state index contributed by atoms with van der Waals surface area (Å²) in [4.78, 5) is 20.4. The topological polar surface area (TPSA) is 75.1 Å². The largest absolute Gasteiger partial charge is 0.317 e. The number of rotatable bonds is 3. The average molecular weight is 323 g/mol. The van der Waals surface area contributed by atoms with E-state index in [-0.39, 0.29) is 5.56 Å². The van der Waals surface area contributed by atoms with Crippen molar-refractivity contribution < 1.29 is 0 Å². The first-order valence-electron chi connectivity index (χ1n) is 8.56. The molecule has 0 saturated carbocycles. The Labute approximate surface area is 139 Å². The number of piperidine rings is 1. The molecule has 1 saturated heterocycles. The minimum Gasteiger partial charge on any atom is -0.317 e. The maximum Gasteiger partial charge on any atom is 0.277 e. The molecule has 4 rings (SSSR count). The van der Waals surface area contributed by atoms with Crippen molar-refractivity contribution >= 4 is 5.52 Å².